The first-order valence-electron chi connectivity index (χ1n) is 18.8. The van der Waals surface area contributed by atoms with Crippen LogP contribution in [0.15, 0.2) is 176 Å². The van der Waals surface area contributed by atoms with Gasteiger partial charge in [-0.25, -0.2) is 9.97 Å². The fraction of sp³-hybridized carbons (Fsp3) is 0.0196. The van der Waals surface area contributed by atoms with Crippen molar-refractivity contribution in [3.63, 3.8) is 0 Å². The SMILES string of the molecule is c1ccc2c(c1)-c1ccccc1C21c2ccccc2-c2cc(-c3nc4sc5ccccc5c4nc3-n3c4ccccc4c4cc5ccccc5cc43)ccc21. The number of nitrogens with zero attached hydrogens (tertiary/aromatic N) is 3. The van der Waals surface area contributed by atoms with Gasteiger partial charge >= 0.3 is 0 Å². The summed E-state index contributed by atoms with van der Waals surface area (Å²) < 4.78 is 3.55. The van der Waals surface area contributed by atoms with Gasteiger partial charge in [0.15, 0.2) is 5.82 Å². The minimum Gasteiger partial charge on any atom is -0.292 e. The number of fused-ring (bicyclic) bond motifs is 17. The molecule has 3 aromatic heterocycles. The van der Waals surface area contributed by atoms with Crippen LogP contribution in [0.3, 0.4) is 0 Å². The van der Waals surface area contributed by atoms with Crippen LogP contribution in [0, 0.1) is 0 Å². The average Bonchev–Trinajstić information content (AvgIpc) is 3.95. The van der Waals surface area contributed by atoms with E-state index in [0.29, 0.717) is 0 Å². The number of thiophene rings is 1. The molecule has 8 aromatic carbocycles. The lowest BCUT2D eigenvalue weighted by atomic mass is 9.70. The number of rotatable bonds is 2. The Morgan fingerprint density at radius 3 is 1.76 bits per heavy atom. The Hall–Kier alpha value is -6.88. The molecule has 0 N–H and O–H groups in total. The van der Waals surface area contributed by atoms with Crippen molar-refractivity contribution in [3.8, 4) is 39.3 Å². The van der Waals surface area contributed by atoms with Crippen molar-refractivity contribution in [3.05, 3.63) is 198 Å². The summed E-state index contributed by atoms with van der Waals surface area (Å²) in [6, 6.07) is 64.6. The van der Waals surface area contributed by atoms with Crippen LogP contribution < -0.4 is 0 Å². The summed E-state index contributed by atoms with van der Waals surface area (Å²) >= 11 is 1.72. The molecule has 1 spiro atoms. The van der Waals surface area contributed by atoms with Crippen LogP contribution in [0.1, 0.15) is 22.3 Å². The fourth-order valence-corrected chi connectivity index (χ4v) is 11.0. The molecule has 0 saturated heterocycles. The molecule has 254 valence electrons. The third-order valence-electron chi connectivity index (χ3n) is 12.2. The molecule has 0 unspecified atom stereocenters. The fourth-order valence-electron chi connectivity index (χ4n) is 9.99. The molecule has 3 heterocycles. The lowest BCUT2D eigenvalue weighted by Gasteiger charge is -2.30. The highest BCUT2D eigenvalue weighted by molar-refractivity contribution is 7.25. The predicted octanol–water partition coefficient (Wildman–Crippen LogP) is 13.1. The van der Waals surface area contributed by atoms with E-state index in [4.69, 9.17) is 9.97 Å². The summed E-state index contributed by atoms with van der Waals surface area (Å²) in [4.78, 5) is 12.2. The highest BCUT2D eigenvalue weighted by atomic mass is 32.1. The van der Waals surface area contributed by atoms with Crippen LogP contribution in [-0.2, 0) is 5.41 Å². The zero-order valence-electron chi connectivity index (χ0n) is 29.5. The zero-order chi connectivity index (χ0) is 35.8. The second-order valence-electron chi connectivity index (χ2n) is 14.9. The van der Waals surface area contributed by atoms with Gasteiger partial charge in [0, 0.05) is 26.4 Å². The third-order valence-corrected chi connectivity index (χ3v) is 13.3. The lowest BCUT2D eigenvalue weighted by Crippen LogP contribution is -2.25. The molecule has 0 radical (unpaired) electrons. The first-order chi connectivity index (χ1) is 27.3. The summed E-state index contributed by atoms with van der Waals surface area (Å²) in [5.74, 6) is 0.843. The molecular formula is C51H29N3S. The van der Waals surface area contributed by atoms with Gasteiger partial charge in [-0.05, 0) is 85.6 Å². The molecule has 55 heavy (non-hydrogen) atoms. The van der Waals surface area contributed by atoms with E-state index in [0.717, 1.165) is 43.8 Å². The van der Waals surface area contributed by atoms with Gasteiger partial charge in [-0.2, -0.15) is 0 Å². The van der Waals surface area contributed by atoms with Crippen molar-refractivity contribution in [2.45, 2.75) is 5.41 Å². The number of para-hydroxylation sites is 1. The standard InChI is InChI=1S/C51H29N3S/c1-2-14-31-29-45-39(27-30(31)13-1)36-18-6-11-23-44(36)54(45)49-47(53-50-48(52-49)37-19-7-12-24-46(37)55-50)32-25-26-43-38(28-32)35-17-5-10-22-42(35)51(43)40-20-8-3-15-33(40)34-16-4-9-21-41(34)51/h1-29H. The molecule has 0 amide bonds. The van der Waals surface area contributed by atoms with Gasteiger partial charge in [0.25, 0.3) is 0 Å². The number of benzene rings is 8. The maximum absolute atomic E-state index is 5.64. The molecule has 2 aliphatic carbocycles. The van der Waals surface area contributed by atoms with Crippen molar-refractivity contribution < 1.29 is 0 Å². The van der Waals surface area contributed by atoms with E-state index >= 15 is 0 Å². The molecule has 4 heteroatoms. The molecule has 2 aliphatic rings. The number of hydrogen-bond donors (Lipinski definition) is 0. The summed E-state index contributed by atoms with van der Waals surface area (Å²) in [7, 11) is 0. The van der Waals surface area contributed by atoms with Gasteiger partial charge in [0.05, 0.1) is 16.4 Å². The highest BCUT2D eigenvalue weighted by Crippen LogP contribution is 2.63. The van der Waals surface area contributed by atoms with Gasteiger partial charge in [-0.15, -0.1) is 11.3 Å². The summed E-state index contributed by atoms with van der Waals surface area (Å²) in [6.07, 6.45) is 0. The summed E-state index contributed by atoms with van der Waals surface area (Å²) in [6.45, 7) is 0. The normalized spacial score (nSPS) is 13.6. The molecule has 0 fully saturated rings. The second kappa shape index (κ2) is 10.6. The van der Waals surface area contributed by atoms with E-state index in [2.05, 4.69) is 180 Å². The van der Waals surface area contributed by atoms with Gasteiger partial charge in [0.1, 0.15) is 16.0 Å². The molecule has 0 aliphatic heterocycles. The van der Waals surface area contributed by atoms with E-state index < -0.39 is 5.41 Å². The lowest BCUT2D eigenvalue weighted by molar-refractivity contribution is 0.794. The first-order valence-corrected chi connectivity index (χ1v) is 19.6. The quantitative estimate of drug-likeness (QED) is 0.178. The van der Waals surface area contributed by atoms with Crippen LogP contribution in [-0.4, -0.2) is 14.5 Å². The monoisotopic (exact) mass is 715 g/mol. The van der Waals surface area contributed by atoms with E-state index in [1.165, 1.54) is 70.8 Å². The topological polar surface area (TPSA) is 30.7 Å². The Bertz CT molecular complexity index is 3410. The van der Waals surface area contributed by atoms with E-state index in [1.54, 1.807) is 11.3 Å². The average molecular weight is 716 g/mol. The summed E-state index contributed by atoms with van der Waals surface area (Å²) in [5.41, 5.74) is 15.2. The first kappa shape index (κ1) is 29.6. The Morgan fingerprint density at radius 1 is 0.436 bits per heavy atom. The van der Waals surface area contributed by atoms with Crippen molar-refractivity contribution in [1.29, 1.82) is 0 Å². The van der Waals surface area contributed by atoms with Gasteiger partial charge in [-0.3, -0.25) is 4.57 Å². The van der Waals surface area contributed by atoms with Crippen LogP contribution in [0.5, 0.6) is 0 Å². The third kappa shape index (κ3) is 3.74. The molecule has 0 atom stereocenters. The highest BCUT2D eigenvalue weighted by Gasteiger charge is 2.51. The maximum atomic E-state index is 5.64. The Balaban J connectivity index is 1.14. The zero-order valence-corrected chi connectivity index (χ0v) is 30.3. The van der Waals surface area contributed by atoms with Gasteiger partial charge in [0.2, 0.25) is 0 Å². The van der Waals surface area contributed by atoms with Gasteiger partial charge < -0.3 is 0 Å². The van der Waals surface area contributed by atoms with Crippen LogP contribution >= 0.6 is 11.3 Å². The smallest absolute Gasteiger partial charge is 0.165 e. The van der Waals surface area contributed by atoms with Crippen molar-refractivity contribution in [1.82, 2.24) is 14.5 Å². The maximum Gasteiger partial charge on any atom is 0.165 e. The predicted molar refractivity (Wildman–Crippen MR) is 228 cm³/mol. The number of aromatic nitrogens is 3. The van der Waals surface area contributed by atoms with E-state index in [9.17, 15) is 0 Å². The second-order valence-corrected chi connectivity index (χ2v) is 15.9. The molecule has 11 aromatic rings. The molecule has 13 rings (SSSR count). The van der Waals surface area contributed by atoms with Crippen molar-refractivity contribution in [2.75, 3.05) is 0 Å². The van der Waals surface area contributed by atoms with E-state index in [-0.39, 0.29) is 0 Å². The Labute approximate surface area is 320 Å². The van der Waals surface area contributed by atoms with Crippen molar-refractivity contribution >= 4 is 64.3 Å². The number of hydrogen-bond acceptors (Lipinski definition) is 3. The Kier molecular flexibility index (Phi) is 5.71. The van der Waals surface area contributed by atoms with E-state index in [1.807, 2.05) is 0 Å². The minimum absolute atomic E-state index is 0.393. The van der Waals surface area contributed by atoms with Gasteiger partial charge in [-0.1, -0.05) is 146 Å². The largest absolute Gasteiger partial charge is 0.292 e. The van der Waals surface area contributed by atoms with Crippen molar-refractivity contribution in [2.24, 2.45) is 0 Å². The molecule has 0 bridgehead atoms. The minimum atomic E-state index is -0.393. The summed E-state index contributed by atoms with van der Waals surface area (Å²) in [5, 5.41) is 5.98. The van der Waals surface area contributed by atoms with Crippen LogP contribution in [0.4, 0.5) is 0 Å². The molecule has 3 nitrogen and oxygen atoms in total. The molecule has 0 saturated carbocycles. The molecular weight excluding hydrogens is 687 g/mol. The van der Waals surface area contributed by atoms with Crippen LogP contribution in [0.2, 0.25) is 0 Å². The van der Waals surface area contributed by atoms with Crippen LogP contribution in [0.25, 0.3) is 92.3 Å². The Morgan fingerprint density at radius 2 is 1.02 bits per heavy atom.